The average molecular weight is 313 g/mol. The second kappa shape index (κ2) is 8.03. The summed E-state index contributed by atoms with van der Waals surface area (Å²) in [4.78, 5) is 14.7. The smallest absolute Gasteiger partial charge is 0.0805 e. The first-order chi connectivity index (χ1) is 11.2. The van der Waals surface area contributed by atoms with Gasteiger partial charge in [0.15, 0.2) is 0 Å². The first kappa shape index (κ1) is 16.6. The minimum atomic E-state index is 0.529. The van der Waals surface area contributed by atoms with Gasteiger partial charge in [-0.2, -0.15) is 0 Å². The highest BCUT2D eigenvalue weighted by Gasteiger charge is 2.18. The van der Waals surface area contributed by atoms with E-state index in [2.05, 4.69) is 19.9 Å². The van der Waals surface area contributed by atoms with Crippen molar-refractivity contribution in [2.45, 2.75) is 96.6 Å². The molecule has 23 heavy (non-hydrogen) atoms. The molecule has 1 heterocycles. The number of hydrogen-bond acceptors (Lipinski definition) is 3. The van der Waals surface area contributed by atoms with Crippen molar-refractivity contribution >= 4 is 17.1 Å². The molecule has 0 radical (unpaired) electrons. The third-order valence-electron chi connectivity index (χ3n) is 5.43. The molecule has 0 atom stereocenters. The molecule has 0 aromatic rings. The number of rotatable bonds is 4. The van der Waals surface area contributed by atoms with Crippen LogP contribution in [-0.2, 0) is 0 Å². The van der Waals surface area contributed by atoms with Crippen molar-refractivity contribution in [1.82, 2.24) is 0 Å². The lowest BCUT2D eigenvalue weighted by atomic mass is 9.96. The molecule has 126 valence electrons. The van der Waals surface area contributed by atoms with Crippen molar-refractivity contribution in [3.8, 4) is 0 Å². The molecule has 0 amide bonds. The van der Waals surface area contributed by atoms with Crippen molar-refractivity contribution in [3.63, 3.8) is 0 Å². The first-order valence-electron chi connectivity index (χ1n) is 9.59. The maximum absolute atomic E-state index is 4.94. The average Bonchev–Trinajstić information content (AvgIpc) is 3.07. The van der Waals surface area contributed by atoms with Gasteiger partial charge in [-0.25, -0.2) is 4.99 Å². The molecule has 0 aromatic heterocycles. The first-order valence-corrected chi connectivity index (χ1v) is 9.59. The van der Waals surface area contributed by atoms with Crippen molar-refractivity contribution in [3.05, 3.63) is 11.8 Å². The summed E-state index contributed by atoms with van der Waals surface area (Å²) in [5, 5.41) is 0. The molecule has 3 nitrogen and oxygen atoms in total. The van der Waals surface area contributed by atoms with Gasteiger partial charge in [0, 0.05) is 6.42 Å². The summed E-state index contributed by atoms with van der Waals surface area (Å²) in [6.07, 6.45) is 16.3. The summed E-state index contributed by atoms with van der Waals surface area (Å²) in [6, 6.07) is 1.06. The molecule has 3 aliphatic rings. The standard InChI is InChI=1S/C20H31N3/c1-15(21-17-9-5-3-6-10-17)19-13-14-20(23-19)16(2)22-18-11-7-4-8-12-18/h13,17-18H,3-12,14H2,1-2H3. The highest BCUT2D eigenvalue weighted by atomic mass is 14.9. The van der Waals surface area contributed by atoms with Crippen LogP contribution in [0.2, 0.25) is 0 Å². The van der Waals surface area contributed by atoms with E-state index in [0.29, 0.717) is 12.1 Å². The molecule has 2 fully saturated rings. The van der Waals surface area contributed by atoms with E-state index in [1.54, 1.807) is 0 Å². The molecule has 0 N–H and O–H groups in total. The summed E-state index contributed by atoms with van der Waals surface area (Å²) in [6.45, 7) is 4.26. The van der Waals surface area contributed by atoms with Gasteiger partial charge in [0.25, 0.3) is 0 Å². The van der Waals surface area contributed by atoms with Crippen LogP contribution in [0.25, 0.3) is 0 Å². The Balaban J connectivity index is 1.62. The van der Waals surface area contributed by atoms with E-state index in [4.69, 9.17) is 15.0 Å². The zero-order valence-corrected chi connectivity index (χ0v) is 14.9. The van der Waals surface area contributed by atoms with Crippen LogP contribution in [0.1, 0.15) is 84.5 Å². The molecule has 3 heteroatoms. The molecule has 0 saturated heterocycles. The van der Waals surface area contributed by atoms with E-state index in [0.717, 1.165) is 29.3 Å². The lowest BCUT2D eigenvalue weighted by Crippen LogP contribution is -2.16. The quantitative estimate of drug-likeness (QED) is 0.631. The molecule has 3 rings (SSSR count). The summed E-state index contributed by atoms with van der Waals surface area (Å²) >= 11 is 0. The molecule has 2 aliphatic carbocycles. The van der Waals surface area contributed by atoms with Crippen molar-refractivity contribution in [1.29, 1.82) is 0 Å². The molecule has 0 aromatic carbocycles. The Kier molecular flexibility index (Phi) is 5.80. The maximum atomic E-state index is 4.94. The van der Waals surface area contributed by atoms with Gasteiger partial charge in [-0.15, -0.1) is 0 Å². The zero-order chi connectivity index (χ0) is 16.1. The fraction of sp³-hybridized carbons (Fsp3) is 0.750. The Morgan fingerprint density at radius 2 is 1.35 bits per heavy atom. The van der Waals surface area contributed by atoms with Crippen LogP contribution in [0.4, 0.5) is 0 Å². The van der Waals surface area contributed by atoms with Gasteiger partial charge in [-0.3, -0.25) is 9.98 Å². The van der Waals surface area contributed by atoms with E-state index < -0.39 is 0 Å². The van der Waals surface area contributed by atoms with Gasteiger partial charge in [0.2, 0.25) is 0 Å². The van der Waals surface area contributed by atoms with Crippen LogP contribution in [0.15, 0.2) is 26.8 Å². The molecular weight excluding hydrogens is 282 g/mol. The number of hydrogen-bond donors (Lipinski definition) is 0. The highest BCUT2D eigenvalue weighted by molar-refractivity contribution is 6.43. The second-order valence-electron chi connectivity index (χ2n) is 7.36. The Morgan fingerprint density at radius 1 is 0.826 bits per heavy atom. The van der Waals surface area contributed by atoms with Crippen LogP contribution in [0, 0.1) is 0 Å². The largest absolute Gasteiger partial charge is 0.285 e. The summed E-state index contributed by atoms with van der Waals surface area (Å²) in [7, 11) is 0. The van der Waals surface area contributed by atoms with Gasteiger partial charge in [-0.1, -0.05) is 44.6 Å². The lowest BCUT2D eigenvalue weighted by molar-refractivity contribution is 0.443. The number of aliphatic imine (C=N–C) groups is 3. The Morgan fingerprint density at radius 3 is 1.91 bits per heavy atom. The molecule has 0 spiro atoms. The Bertz CT molecular complexity index is 527. The minimum absolute atomic E-state index is 0.529. The zero-order valence-electron chi connectivity index (χ0n) is 14.9. The van der Waals surface area contributed by atoms with E-state index in [1.807, 2.05) is 0 Å². The minimum Gasteiger partial charge on any atom is -0.285 e. The lowest BCUT2D eigenvalue weighted by Gasteiger charge is -2.18. The van der Waals surface area contributed by atoms with Crippen LogP contribution >= 0.6 is 0 Å². The monoisotopic (exact) mass is 313 g/mol. The third kappa shape index (κ3) is 4.62. The SMILES string of the molecule is CC(=NC1CCCCC1)C1=CCC(C(C)=NC2CCCCC2)=N1. The number of allylic oxidation sites excluding steroid dienone is 2. The van der Waals surface area contributed by atoms with Gasteiger partial charge >= 0.3 is 0 Å². The van der Waals surface area contributed by atoms with Crippen molar-refractivity contribution in [2.24, 2.45) is 15.0 Å². The van der Waals surface area contributed by atoms with Gasteiger partial charge in [0.1, 0.15) is 0 Å². The van der Waals surface area contributed by atoms with E-state index in [-0.39, 0.29) is 0 Å². The molecular formula is C20H31N3. The summed E-state index contributed by atoms with van der Waals surface area (Å²) < 4.78 is 0. The van der Waals surface area contributed by atoms with Crippen molar-refractivity contribution in [2.75, 3.05) is 0 Å². The van der Waals surface area contributed by atoms with Crippen LogP contribution in [-0.4, -0.2) is 29.2 Å². The van der Waals surface area contributed by atoms with Crippen LogP contribution in [0.3, 0.4) is 0 Å². The van der Waals surface area contributed by atoms with Crippen LogP contribution in [0.5, 0.6) is 0 Å². The fourth-order valence-electron chi connectivity index (χ4n) is 4.00. The second-order valence-corrected chi connectivity index (χ2v) is 7.36. The maximum Gasteiger partial charge on any atom is 0.0805 e. The highest BCUT2D eigenvalue weighted by Crippen LogP contribution is 2.23. The molecule has 0 bridgehead atoms. The van der Waals surface area contributed by atoms with Gasteiger partial charge in [0.05, 0.1) is 34.9 Å². The summed E-state index contributed by atoms with van der Waals surface area (Å²) in [5.74, 6) is 0. The fourth-order valence-corrected chi connectivity index (χ4v) is 4.00. The Labute approximate surface area is 141 Å². The summed E-state index contributed by atoms with van der Waals surface area (Å²) in [5.41, 5.74) is 4.51. The van der Waals surface area contributed by atoms with Crippen molar-refractivity contribution < 1.29 is 0 Å². The molecule has 1 aliphatic heterocycles. The molecule has 0 unspecified atom stereocenters. The third-order valence-corrected chi connectivity index (χ3v) is 5.43. The predicted molar refractivity (Wildman–Crippen MR) is 100 cm³/mol. The number of nitrogens with zero attached hydrogens (tertiary/aromatic N) is 3. The predicted octanol–water partition coefficient (Wildman–Crippen LogP) is 5.30. The molecule has 2 saturated carbocycles. The van der Waals surface area contributed by atoms with Gasteiger partial charge in [-0.05, 0) is 39.5 Å². The van der Waals surface area contributed by atoms with E-state index in [9.17, 15) is 0 Å². The normalized spacial score (nSPS) is 25.5. The van der Waals surface area contributed by atoms with Crippen LogP contribution < -0.4 is 0 Å². The van der Waals surface area contributed by atoms with E-state index in [1.165, 1.54) is 64.2 Å². The van der Waals surface area contributed by atoms with Gasteiger partial charge < -0.3 is 0 Å². The van der Waals surface area contributed by atoms with E-state index >= 15 is 0 Å². The topological polar surface area (TPSA) is 37.1 Å². The Hall–Kier alpha value is -1.25.